The Morgan fingerprint density at radius 2 is 1.62 bits per heavy atom. The second kappa shape index (κ2) is 8.15. The van der Waals surface area contributed by atoms with Crippen LogP contribution < -0.4 is 4.74 Å². The first-order valence-electron chi connectivity index (χ1n) is 7.90. The maximum atomic E-state index is 11.9. The molecule has 0 aliphatic heterocycles. The third kappa shape index (κ3) is 4.60. The molecule has 4 heteroatoms. The molecular weight excluding hydrogens is 346 g/mol. The van der Waals surface area contributed by atoms with E-state index in [9.17, 15) is 4.79 Å². The van der Waals surface area contributed by atoms with Gasteiger partial charge in [0.2, 0.25) is 0 Å². The largest absolute Gasteiger partial charge is 0.423 e. The Kier molecular flexibility index (Phi) is 5.48. The first-order valence-corrected chi connectivity index (χ1v) is 8.28. The zero-order chi connectivity index (χ0) is 18.4. The molecule has 0 aromatic heterocycles. The lowest BCUT2D eigenvalue weighted by atomic mass is 10.0. The van der Waals surface area contributed by atoms with Crippen molar-refractivity contribution in [3.8, 4) is 22.9 Å². The van der Waals surface area contributed by atoms with Crippen molar-refractivity contribution < 1.29 is 9.53 Å². The van der Waals surface area contributed by atoms with Crippen molar-refractivity contribution in [2.24, 2.45) is 0 Å². The minimum absolute atomic E-state index is 0.461. The first kappa shape index (κ1) is 17.5. The topological polar surface area (TPSA) is 50.1 Å². The third-order valence-corrected chi connectivity index (χ3v) is 3.92. The zero-order valence-corrected chi connectivity index (χ0v) is 14.5. The summed E-state index contributed by atoms with van der Waals surface area (Å²) in [5.74, 6) is -0.000706. The summed E-state index contributed by atoms with van der Waals surface area (Å²) in [6.45, 7) is 0. The molecule has 0 radical (unpaired) electrons. The lowest BCUT2D eigenvalue weighted by Crippen LogP contribution is -2.03. The minimum atomic E-state index is -0.462. The zero-order valence-electron chi connectivity index (χ0n) is 13.7. The van der Waals surface area contributed by atoms with E-state index in [2.05, 4.69) is 6.07 Å². The van der Waals surface area contributed by atoms with E-state index in [0.29, 0.717) is 16.3 Å². The molecule has 0 heterocycles. The number of esters is 1. The number of carbonyl (C=O) groups is 1. The number of hydrogen-bond acceptors (Lipinski definition) is 3. The molecule has 0 saturated carbocycles. The number of carbonyl (C=O) groups excluding carboxylic acids is 1. The van der Waals surface area contributed by atoms with Gasteiger partial charge in [0.25, 0.3) is 0 Å². The Labute approximate surface area is 156 Å². The van der Waals surface area contributed by atoms with Crippen LogP contribution in [0.25, 0.3) is 17.2 Å². The van der Waals surface area contributed by atoms with Crippen molar-refractivity contribution in [1.29, 1.82) is 5.26 Å². The van der Waals surface area contributed by atoms with Crippen molar-refractivity contribution in [1.82, 2.24) is 0 Å². The second-order valence-electron chi connectivity index (χ2n) is 5.52. The monoisotopic (exact) mass is 359 g/mol. The van der Waals surface area contributed by atoms with Crippen molar-refractivity contribution >= 4 is 23.6 Å². The van der Waals surface area contributed by atoms with Crippen LogP contribution in [0.2, 0.25) is 5.02 Å². The molecule has 0 unspecified atom stereocenters. The Bertz CT molecular complexity index is 984. The molecule has 0 aliphatic carbocycles. The lowest BCUT2D eigenvalue weighted by Gasteiger charge is -2.05. The van der Waals surface area contributed by atoms with Crippen LogP contribution in [-0.4, -0.2) is 5.97 Å². The maximum absolute atomic E-state index is 11.9. The van der Waals surface area contributed by atoms with Crippen LogP contribution in [0, 0.1) is 11.3 Å². The van der Waals surface area contributed by atoms with E-state index in [1.807, 2.05) is 36.4 Å². The molecule has 3 aromatic carbocycles. The smallest absolute Gasteiger partial charge is 0.336 e. The van der Waals surface area contributed by atoms with Gasteiger partial charge in [0.15, 0.2) is 0 Å². The number of halogens is 1. The summed E-state index contributed by atoms with van der Waals surface area (Å²) < 4.78 is 5.29. The highest BCUT2D eigenvalue weighted by Crippen LogP contribution is 2.23. The summed E-state index contributed by atoms with van der Waals surface area (Å²) in [5.41, 5.74) is 3.41. The van der Waals surface area contributed by atoms with E-state index in [0.717, 1.165) is 16.7 Å². The van der Waals surface area contributed by atoms with E-state index >= 15 is 0 Å². The number of ether oxygens (including phenoxy) is 1. The van der Waals surface area contributed by atoms with Crippen LogP contribution in [0.3, 0.4) is 0 Å². The highest BCUT2D eigenvalue weighted by molar-refractivity contribution is 6.30. The molecule has 3 nitrogen and oxygen atoms in total. The molecule has 0 bridgehead atoms. The SMILES string of the molecule is N#Cc1ccc(-c2ccc(OC(=O)C=Cc3cccc(Cl)c3)cc2)cc1. The fourth-order valence-electron chi connectivity index (χ4n) is 2.38. The van der Waals surface area contributed by atoms with Gasteiger partial charge in [-0.05, 0) is 59.2 Å². The molecule has 0 fully saturated rings. The fraction of sp³-hybridized carbons (Fsp3) is 0. The molecule has 0 atom stereocenters. The standard InChI is InChI=1S/C22H14ClNO2/c23-20-3-1-2-16(14-20)6-13-22(25)26-21-11-9-19(10-12-21)18-7-4-17(15-24)5-8-18/h1-14H. The molecular formula is C22H14ClNO2. The highest BCUT2D eigenvalue weighted by atomic mass is 35.5. The number of benzene rings is 3. The van der Waals surface area contributed by atoms with Crippen molar-refractivity contribution in [3.63, 3.8) is 0 Å². The van der Waals surface area contributed by atoms with E-state index in [1.165, 1.54) is 6.08 Å². The molecule has 3 rings (SSSR count). The van der Waals surface area contributed by atoms with Crippen LogP contribution in [0.5, 0.6) is 5.75 Å². The van der Waals surface area contributed by atoms with Crippen molar-refractivity contribution in [2.75, 3.05) is 0 Å². The molecule has 0 N–H and O–H groups in total. The van der Waals surface area contributed by atoms with Crippen LogP contribution in [0.4, 0.5) is 0 Å². The normalized spacial score (nSPS) is 10.5. The van der Waals surface area contributed by atoms with Crippen LogP contribution in [-0.2, 0) is 4.79 Å². The van der Waals surface area contributed by atoms with Crippen molar-refractivity contribution in [2.45, 2.75) is 0 Å². The number of hydrogen-bond donors (Lipinski definition) is 0. The number of nitrogens with zero attached hydrogens (tertiary/aromatic N) is 1. The predicted molar refractivity (Wildman–Crippen MR) is 103 cm³/mol. The molecule has 126 valence electrons. The Hall–Kier alpha value is -3.35. The molecule has 0 spiro atoms. The van der Waals surface area contributed by atoms with Gasteiger partial charge in [-0.3, -0.25) is 0 Å². The van der Waals surface area contributed by atoms with Gasteiger partial charge in [-0.2, -0.15) is 5.26 Å². The summed E-state index contributed by atoms with van der Waals surface area (Å²) in [7, 11) is 0. The van der Waals surface area contributed by atoms with Gasteiger partial charge < -0.3 is 4.74 Å². The Balaban J connectivity index is 1.65. The van der Waals surface area contributed by atoms with E-state index in [-0.39, 0.29) is 0 Å². The Morgan fingerprint density at radius 3 is 2.23 bits per heavy atom. The number of rotatable bonds is 4. The van der Waals surface area contributed by atoms with Gasteiger partial charge >= 0.3 is 5.97 Å². The Morgan fingerprint density at radius 1 is 0.962 bits per heavy atom. The molecule has 0 aliphatic rings. The number of nitriles is 1. The van der Waals surface area contributed by atoms with Crippen LogP contribution in [0.15, 0.2) is 78.9 Å². The quantitative estimate of drug-likeness (QED) is 0.351. The highest BCUT2D eigenvalue weighted by Gasteiger charge is 2.03. The molecule has 26 heavy (non-hydrogen) atoms. The van der Waals surface area contributed by atoms with Gasteiger partial charge in [0, 0.05) is 11.1 Å². The van der Waals surface area contributed by atoms with E-state index in [4.69, 9.17) is 21.6 Å². The molecule has 0 amide bonds. The average Bonchev–Trinajstić information content (AvgIpc) is 2.67. The summed E-state index contributed by atoms with van der Waals surface area (Å²) in [6, 6.07) is 23.8. The summed E-state index contributed by atoms with van der Waals surface area (Å²) in [5, 5.41) is 9.45. The fourth-order valence-corrected chi connectivity index (χ4v) is 2.58. The van der Waals surface area contributed by atoms with Gasteiger partial charge in [-0.1, -0.05) is 48.0 Å². The lowest BCUT2D eigenvalue weighted by molar-refractivity contribution is -0.128. The van der Waals surface area contributed by atoms with Gasteiger partial charge in [-0.15, -0.1) is 0 Å². The third-order valence-electron chi connectivity index (χ3n) is 3.68. The van der Waals surface area contributed by atoms with Crippen LogP contribution >= 0.6 is 11.6 Å². The summed E-state index contributed by atoms with van der Waals surface area (Å²) in [6.07, 6.45) is 3.01. The maximum Gasteiger partial charge on any atom is 0.336 e. The minimum Gasteiger partial charge on any atom is -0.423 e. The van der Waals surface area contributed by atoms with Gasteiger partial charge in [0.1, 0.15) is 5.75 Å². The van der Waals surface area contributed by atoms with Gasteiger partial charge in [0.05, 0.1) is 11.6 Å². The molecule has 3 aromatic rings. The average molecular weight is 360 g/mol. The predicted octanol–water partition coefficient (Wildman–Crippen LogP) is 5.50. The summed E-state index contributed by atoms with van der Waals surface area (Å²) in [4.78, 5) is 11.9. The summed E-state index contributed by atoms with van der Waals surface area (Å²) >= 11 is 5.91. The van der Waals surface area contributed by atoms with Crippen LogP contribution in [0.1, 0.15) is 11.1 Å². The van der Waals surface area contributed by atoms with E-state index in [1.54, 1.807) is 42.5 Å². The van der Waals surface area contributed by atoms with Gasteiger partial charge in [-0.25, -0.2) is 4.79 Å². The first-order chi connectivity index (χ1) is 12.6. The van der Waals surface area contributed by atoms with Crippen molar-refractivity contribution in [3.05, 3.63) is 95.0 Å². The second-order valence-corrected chi connectivity index (χ2v) is 5.96. The molecule has 0 saturated heterocycles. The van der Waals surface area contributed by atoms with E-state index < -0.39 is 5.97 Å².